The number of para-hydroxylation sites is 2. The van der Waals surface area contributed by atoms with Crippen LogP contribution < -0.4 is 10.6 Å². The second-order valence-corrected chi connectivity index (χ2v) is 10.1. The van der Waals surface area contributed by atoms with Crippen molar-refractivity contribution in [2.24, 2.45) is 0 Å². The molecule has 4 atom stereocenters. The third-order valence-electron chi connectivity index (χ3n) is 8.60. The summed E-state index contributed by atoms with van der Waals surface area (Å²) in [5, 5.41) is 11.0. The van der Waals surface area contributed by atoms with Gasteiger partial charge in [-0.15, -0.1) is 12.4 Å². The quantitative estimate of drug-likeness (QED) is 0.364. The van der Waals surface area contributed by atoms with E-state index in [1.165, 1.54) is 0 Å². The topological polar surface area (TPSA) is 69.5 Å². The van der Waals surface area contributed by atoms with Gasteiger partial charge in [-0.3, -0.25) is 4.79 Å². The molecule has 184 valence electrons. The second-order valence-electron chi connectivity index (χ2n) is 10.1. The zero-order valence-electron chi connectivity index (χ0n) is 20.3. The van der Waals surface area contributed by atoms with E-state index in [0.717, 1.165) is 61.2 Å². The van der Waals surface area contributed by atoms with Crippen molar-refractivity contribution < 1.29 is 14.3 Å². The molecule has 2 N–H and O–H groups in total. The van der Waals surface area contributed by atoms with Crippen molar-refractivity contribution in [2.75, 3.05) is 14.2 Å². The molecule has 0 aliphatic carbocycles. The van der Waals surface area contributed by atoms with Crippen molar-refractivity contribution in [3.63, 3.8) is 0 Å². The highest BCUT2D eigenvalue weighted by molar-refractivity contribution is 6.31. The number of hydrogen-bond acceptors (Lipinski definition) is 4. The van der Waals surface area contributed by atoms with Crippen molar-refractivity contribution in [3.05, 3.63) is 59.7 Å². The molecule has 3 aromatic carbocycles. The molecule has 1 amide bonds. The van der Waals surface area contributed by atoms with Crippen molar-refractivity contribution in [2.45, 2.75) is 44.0 Å². The average Bonchev–Trinajstić information content (AvgIpc) is 3.51. The summed E-state index contributed by atoms with van der Waals surface area (Å²) in [6, 6.07) is 17.0. The van der Waals surface area contributed by atoms with Gasteiger partial charge in [0.05, 0.1) is 27.6 Å². The summed E-state index contributed by atoms with van der Waals surface area (Å²) in [6.45, 7) is 2.68. The molecule has 5 aromatic rings. The molecule has 1 saturated heterocycles. The monoisotopic (exact) mass is 502 g/mol. The summed E-state index contributed by atoms with van der Waals surface area (Å²) in [4.78, 5) is 13.3. The van der Waals surface area contributed by atoms with Crippen LogP contribution >= 0.6 is 12.4 Å². The van der Waals surface area contributed by atoms with E-state index < -0.39 is 5.72 Å². The fraction of sp³-hybridized carbons (Fsp3) is 0.321. The number of likely N-dealkylation sites (N-methyl/N-ethyl adjacent to an activating group) is 1. The molecule has 2 bridgehead atoms. The van der Waals surface area contributed by atoms with Gasteiger partial charge in [-0.25, -0.2) is 0 Å². The number of hydrogen-bond donors (Lipinski definition) is 2. The normalized spacial score (nSPS) is 26.5. The molecule has 0 spiro atoms. The van der Waals surface area contributed by atoms with Gasteiger partial charge in [0.1, 0.15) is 12.3 Å². The number of carbonyl (C=O) groups is 1. The molecule has 1 fully saturated rings. The Morgan fingerprint density at radius 1 is 1.06 bits per heavy atom. The van der Waals surface area contributed by atoms with Gasteiger partial charge in [0.25, 0.3) is 5.91 Å². The first-order valence-corrected chi connectivity index (χ1v) is 12.3. The van der Waals surface area contributed by atoms with Crippen LogP contribution in [0.5, 0.6) is 0 Å². The van der Waals surface area contributed by atoms with Gasteiger partial charge in [0.15, 0.2) is 5.72 Å². The van der Waals surface area contributed by atoms with E-state index in [2.05, 4.69) is 75.2 Å². The number of ether oxygens (including phenoxy) is 2. The van der Waals surface area contributed by atoms with Gasteiger partial charge in [0, 0.05) is 47.7 Å². The lowest BCUT2D eigenvalue weighted by molar-refractivity contribution is -0.256. The van der Waals surface area contributed by atoms with Crippen molar-refractivity contribution in [3.8, 4) is 0 Å². The third kappa shape index (κ3) is 2.33. The van der Waals surface area contributed by atoms with Crippen LogP contribution in [-0.2, 0) is 21.7 Å². The number of methoxy groups -OCH3 is 1. The number of amides is 1. The van der Waals surface area contributed by atoms with Crippen LogP contribution in [0.2, 0.25) is 0 Å². The largest absolute Gasteiger partial charge is 0.375 e. The Kier molecular flexibility index (Phi) is 4.44. The summed E-state index contributed by atoms with van der Waals surface area (Å²) >= 11 is 0. The van der Waals surface area contributed by atoms with Gasteiger partial charge in [-0.2, -0.15) is 0 Å². The molecule has 0 saturated carbocycles. The number of halogens is 1. The maximum Gasteiger partial charge on any atom is 0.252 e. The van der Waals surface area contributed by atoms with E-state index in [1.807, 2.05) is 7.05 Å². The van der Waals surface area contributed by atoms with E-state index >= 15 is 0 Å². The molecule has 36 heavy (non-hydrogen) atoms. The van der Waals surface area contributed by atoms with Crippen LogP contribution in [0.1, 0.15) is 35.5 Å². The number of rotatable bonds is 2. The highest BCUT2D eigenvalue weighted by Gasteiger charge is 2.53. The Morgan fingerprint density at radius 3 is 2.47 bits per heavy atom. The molecule has 0 radical (unpaired) electrons. The Labute approximate surface area is 213 Å². The summed E-state index contributed by atoms with van der Waals surface area (Å²) in [5.41, 5.74) is 5.51. The molecule has 8 rings (SSSR count). The second kappa shape index (κ2) is 7.23. The van der Waals surface area contributed by atoms with Gasteiger partial charge < -0.3 is 29.2 Å². The molecule has 7 nitrogen and oxygen atoms in total. The van der Waals surface area contributed by atoms with Crippen LogP contribution in [0.25, 0.3) is 43.6 Å². The van der Waals surface area contributed by atoms with Gasteiger partial charge in [-0.05, 0) is 31.7 Å². The first-order valence-electron chi connectivity index (χ1n) is 12.3. The van der Waals surface area contributed by atoms with Crippen molar-refractivity contribution >= 4 is 61.9 Å². The molecular formula is C28H27ClN4O3. The lowest BCUT2D eigenvalue weighted by atomic mass is 9.93. The van der Waals surface area contributed by atoms with E-state index in [1.54, 1.807) is 7.11 Å². The van der Waals surface area contributed by atoms with E-state index in [-0.39, 0.29) is 36.7 Å². The van der Waals surface area contributed by atoms with Gasteiger partial charge >= 0.3 is 0 Å². The van der Waals surface area contributed by atoms with Crippen molar-refractivity contribution in [1.29, 1.82) is 0 Å². The summed E-state index contributed by atoms with van der Waals surface area (Å²) in [7, 11) is 3.77. The lowest BCUT2D eigenvalue weighted by Crippen LogP contribution is -2.59. The van der Waals surface area contributed by atoms with Crippen LogP contribution in [0.15, 0.2) is 48.5 Å². The maximum atomic E-state index is 13.3. The van der Waals surface area contributed by atoms with Crippen LogP contribution in [0, 0.1) is 0 Å². The number of nitrogens with one attached hydrogen (secondary N) is 2. The van der Waals surface area contributed by atoms with E-state index in [0.29, 0.717) is 6.54 Å². The number of carbonyl (C=O) groups excluding carboxylic acids is 1. The SMILES string of the molecule is CN[C@@H]1C[C@H]2O[C@@](C)([C@@H]1OC)n1c3ccccc3c3c4c(c5c6ccccc6n2c5c31)C(=O)NC4.Cl. The summed E-state index contributed by atoms with van der Waals surface area (Å²) < 4.78 is 18.0. The first-order chi connectivity index (χ1) is 17.1. The smallest absolute Gasteiger partial charge is 0.252 e. The van der Waals surface area contributed by atoms with E-state index in [9.17, 15) is 4.79 Å². The minimum Gasteiger partial charge on any atom is -0.375 e. The van der Waals surface area contributed by atoms with Gasteiger partial charge in [0.2, 0.25) is 0 Å². The standard InChI is InChI=1S/C28H26N4O3.ClH/c1-28-26(34-3)17(29-2)12-20(35-28)31-18-10-6-4-8-14(18)22-23-16(13-30-27(23)33)21-15-9-5-7-11-19(15)32(28)25(21)24(22)31;/h4-11,17,20,26,29H,12-13H2,1-3H3,(H,30,33);1H/t17-,20-,26-,28+;/m1./s1. The van der Waals surface area contributed by atoms with Crippen LogP contribution in [0.3, 0.4) is 0 Å². The minimum atomic E-state index is -0.760. The van der Waals surface area contributed by atoms with Crippen molar-refractivity contribution in [1.82, 2.24) is 19.8 Å². The number of benzene rings is 3. The predicted molar refractivity (Wildman–Crippen MR) is 143 cm³/mol. The summed E-state index contributed by atoms with van der Waals surface area (Å²) in [5.74, 6) is 0.00357. The Hall–Kier alpha value is -3.10. The van der Waals surface area contributed by atoms with Gasteiger partial charge in [-0.1, -0.05) is 36.4 Å². The Balaban J connectivity index is 0.00000220. The zero-order chi connectivity index (χ0) is 23.6. The van der Waals surface area contributed by atoms with Crippen LogP contribution in [0.4, 0.5) is 0 Å². The highest BCUT2D eigenvalue weighted by Crippen LogP contribution is 2.53. The first kappa shape index (κ1) is 22.1. The Bertz CT molecular complexity index is 1750. The molecule has 3 aliphatic rings. The number of fused-ring (bicyclic) bond motifs is 13. The number of nitrogens with zero attached hydrogens (tertiary/aromatic N) is 2. The highest BCUT2D eigenvalue weighted by atomic mass is 35.5. The predicted octanol–water partition coefficient (Wildman–Crippen LogP) is 4.78. The fourth-order valence-corrected chi connectivity index (χ4v) is 7.33. The molecule has 8 heteroatoms. The lowest BCUT2D eigenvalue weighted by Gasteiger charge is -2.48. The van der Waals surface area contributed by atoms with Crippen LogP contribution in [-0.4, -0.2) is 41.3 Å². The zero-order valence-corrected chi connectivity index (χ0v) is 21.1. The molecule has 5 heterocycles. The average molecular weight is 503 g/mol. The third-order valence-corrected chi connectivity index (χ3v) is 8.60. The fourth-order valence-electron chi connectivity index (χ4n) is 7.33. The molecule has 0 unspecified atom stereocenters. The summed E-state index contributed by atoms with van der Waals surface area (Å²) in [6.07, 6.45) is 0.337. The molecule has 2 aromatic heterocycles. The molecule has 3 aliphatic heterocycles. The molecular weight excluding hydrogens is 476 g/mol. The minimum absolute atomic E-state index is 0. The maximum absolute atomic E-state index is 13.3. The van der Waals surface area contributed by atoms with E-state index in [4.69, 9.17) is 9.47 Å². The number of aromatic nitrogens is 2. The Morgan fingerprint density at radius 2 is 1.75 bits per heavy atom.